The van der Waals surface area contributed by atoms with Gasteiger partial charge in [-0.05, 0) is 27.7 Å². The molecule has 0 saturated carbocycles. The van der Waals surface area contributed by atoms with Crippen LogP contribution in [0, 0.1) is 0 Å². The Kier molecular flexibility index (Phi) is 6.12. The summed E-state index contributed by atoms with van der Waals surface area (Å²) in [5.74, 6) is -0.597. The normalized spacial score (nSPS) is 14.4. The lowest BCUT2D eigenvalue weighted by Crippen LogP contribution is -2.29. The molecule has 0 bridgehead atoms. The number of ether oxygens (including phenoxy) is 2. The lowest BCUT2D eigenvalue weighted by molar-refractivity contribution is -0.140. The number of carbonyl (C=O) groups excluding carboxylic acids is 1. The molecule has 1 unspecified atom stereocenters. The molecule has 0 aliphatic rings. The van der Waals surface area contributed by atoms with Crippen molar-refractivity contribution in [1.82, 2.24) is 0 Å². The molecule has 0 rings (SSSR count). The second-order valence-electron chi connectivity index (χ2n) is 4.92. The van der Waals surface area contributed by atoms with E-state index in [4.69, 9.17) is 4.74 Å². The standard InChI is InChI=1S/C11H22O5S/c1-9(8-10(12)15-5)17(13,14)7-6-16-11(2,3)4/h9H,6-8H2,1-5H3. The van der Waals surface area contributed by atoms with Gasteiger partial charge in [0, 0.05) is 0 Å². The number of rotatable bonds is 6. The van der Waals surface area contributed by atoms with Crippen LogP contribution in [0.3, 0.4) is 0 Å². The van der Waals surface area contributed by atoms with Crippen LogP contribution in [0.4, 0.5) is 0 Å². The summed E-state index contributed by atoms with van der Waals surface area (Å²) in [7, 11) is -2.07. The van der Waals surface area contributed by atoms with Crippen molar-refractivity contribution >= 4 is 15.8 Å². The molecule has 0 amide bonds. The molecule has 0 aliphatic carbocycles. The first-order valence-corrected chi connectivity index (χ1v) is 7.22. The van der Waals surface area contributed by atoms with Gasteiger partial charge >= 0.3 is 5.97 Å². The van der Waals surface area contributed by atoms with E-state index < -0.39 is 21.1 Å². The maximum Gasteiger partial charge on any atom is 0.306 e. The monoisotopic (exact) mass is 266 g/mol. The molecule has 0 aliphatic heterocycles. The summed E-state index contributed by atoms with van der Waals surface area (Å²) in [4.78, 5) is 11.0. The third-order valence-corrected chi connectivity index (χ3v) is 4.33. The fraction of sp³-hybridized carbons (Fsp3) is 0.909. The molecule has 0 saturated heterocycles. The van der Waals surface area contributed by atoms with Crippen LogP contribution in [0.15, 0.2) is 0 Å². The van der Waals surface area contributed by atoms with E-state index in [-0.39, 0.29) is 24.4 Å². The predicted octanol–water partition coefficient (Wildman–Crippen LogP) is 1.17. The Morgan fingerprint density at radius 1 is 1.29 bits per heavy atom. The summed E-state index contributed by atoms with van der Waals surface area (Å²) in [5.41, 5.74) is -0.360. The van der Waals surface area contributed by atoms with Crippen LogP contribution >= 0.6 is 0 Å². The predicted molar refractivity (Wildman–Crippen MR) is 65.6 cm³/mol. The summed E-state index contributed by atoms with van der Waals surface area (Å²) < 4.78 is 33.4. The molecule has 0 fully saturated rings. The van der Waals surface area contributed by atoms with Crippen molar-refractivity contribution in [3.05, 3.63) is 0 Å². The first-order chi connectivity index (χ1) is 7.58. The van der Waals surface area contributed by atoms with Crippen molar-refractivity contribution in [2.75, 3.05) is 19.5 Å². The highest BCUT2D eigenvalue weighted by atomic mass is 32.2. The number of hydrogen-bond acceptors (Lipinski definition) is 5. The average molecular weight is 266 g/mol. The molecule has 5 nitrogen and oxygen atoms in total. The maximum absolute atomic E-state index is 11.8. The second-order valence-corrected chi connectivity index (χ2v) is 7.46. The molecule has 0 spiro atoms. The molecule has 17 heavy (non-hydrogen) atoms. The van der Waals surface area contributed by atoms with E-state index >= 15 is 0 Å². The summed E-state index contributed by atoms with van der Waals surface area (Å²) in [5, 5.41) is -0.737. The minimum absolute atomic E-state index is 0.0809. The largest absolute Gasteiger partial charge is 0.469 e. The van der Waals surface area contributed by atoms with Gasteiger partial charge in [-0.1, -0.05) is 0 Å². The van der Waals surface area contributed by atoms with Crippen LogP contribution in [-0.2, 0) is 24.1 Å². The number of hydrogen-bond donors (Lipinski definition) is 0. The van der Waals surface area contributed by atoms with E-state index in [0.717, 1.165) is 0 Å². The Balaban J connectivity index is 4.24. The average Bonchev–Trinajstić information content (AvgIpc) is 2.14. The molecule has 6 heteroatoms. The Morgan fingerprint density at radius 2 is 1.82 bits per heavy atom. The zero-order valence-corrected chi connectivity index (χ0v) is 12.0. The van der Waals surface area contributed by atoms with Crippen LogP contribution < -0.4 is 0 Å². The highest BCUT2D eigenvalue weighted by Gasteiger charge is 2.24. The molecule has 102 valence electrons. The van der Waals surface area contributed by atoms with Crippen LogP contribution in [0.2, 0.25) is 0 Å². The summed E-state index contributed by atoms with van der Waals surface area (Å²) in [6.07, 6.45) is -0.117. The minimum atomic E-state index is -3.31. The van der Waals surface area contributed by atoms with E-state index in [1.165, 1.54) is 14.0 Å². The van der Waals surface area contributed by atoms with Gasteiger partial charge in [-0.15, -0.1) is 0 Å². The van der Waals surface area contributed by atoms with Crippen molar-refractivity contribution in [2.24, 2.45) is 0 Å². The molecule has 0 heterocycles. The second kappa shape index (κ2) is 6.35. The highest BCUT2D eigenvalue weighted by Crippen LogP contribution is 2.11. The maximum atomic E-state index is 11.8. The van der Waals surface area contributed by atoms with Crippen LogP contribution in [0.1, 0.15) is 34.1 Å². The summed E-state index contributed by atoms with van der Waals surface area (Å²) in [6, 6.07) is 0. The third kappa shape index (κ3) is 7.33. The van der Waals surface area contributed by atoms with Gasteiger partial charge in [-0.25, -0.2) is 8.42 Å². The first kappa shape index (κ1) is 16.4. The van der Waals surface area contributed by atoms with Gasteiger partial charge in [0.2, 0.25) is 0 Å². The van der Waals surface area contributed by atoms with Gasteiger partial charge in [-0.3, -0.25) is 4.79 Å². The molecular weight excluding hydrogens is 244 g/mol. The Morgan fingerprint density at radius 3 is 2.24 bits per heavy atom. The van der Waals surface area contributed by atoms with Crippen LogP contribution in [0.25, 0.3) is 0 Å². The van der Waals surface area contributed by atoms with Gasteiger partial charge in [0.25, 0.3) is 0 Å². The first-order valence-electron chi connectivity index (χ1n) is 5.51. The number of carbonyl (C=O) groups is 1. The van der Waals surface area contributed by atoms with Gasteiger partial charge in [0.05, 0.1) is 36.7 Å². The van der Waals surface area contributed by atoms with E-state index in [2.05, 4.69) is 4.74 Å². The van der Waals surface area contributed by atoms with E-state index in [0.29, 0.717) is 0 Å². The lowest BCUT2D eigenvalue weighted by Gasteiger charge is -2.20. The zero-order chi connectivity index (χ0) is 13.7. The smallest absolute Gasteiger partial charge is 0.306 e. The topological polar surface area (TPSA) is 69.7 Å². The van der Waals surface area contributed by atoms with Crippen molar-refractivity contribution in [1.29, 1.82) is 0 Å². The van der Waals surface area contributed by atoms with E-state index in [1.54, 1.807) is 0 Å². The molecule has 1 atom stereocenters. The van der Waals surface area contributed by atoms with Gasteiger partial charge in [0.15, 0.2) is 9.84 Å². The van der Waals surface area contributed by atoms with Crippen LogP contribution in [-0.4, -0.2) is 44.7 Å². The van der Waals surface area contributed by atoms with Gasteiger partial charge in [0.1, 0.15) is 0 Å². The van der Waals surface area contributed by atoms with Gasteiger partial charge in [-0.2, -0.15) is 0 Å². The zero-order valence-electron chi connectivity index (χ0n) is 11.1. The van der Waals surface area contributed by atoms with Gasteiger partial charge < -0.3 is 9.47 Å². The fourth-order valence-corrected chi connectivity index (χ4v) is 2.22. The number of esters is 1. The van der Waals surface area contributed by atoms with Crippen molar-refractivity contribution in [2.45, 2.75) is 45.0 Å². The Labute approximate surface area is 103 Å². The summed E-state index contributed by atoms with van der Waals surface area (Å²) >= 11 is 0. The molecule has 0 aromatic heterocycles. The van der Waals surface area contributed by atoms with Crippen molar-refractivity contribution < 1.29 is 22.7 Å². The Hall–Kier alpha value is -0.620. The molecule has 0 radical (unpaired) electrons. The SMILES string of the molecule is COC(=O)CC(C)S(=O)(=O)CCOC(C)(C)C. The van der Waals surface area contributed by atoms with E-state index in [9.17, 15) is 13.2 Å². The van der Waals surface area contributed by atoms with Crippen molar-refractivity contribution in [3.8, 4) is 0 Å². The minimum Gasteiger partial charge on any atom is -0.469 e. The molecule has 0 aromatic rings. The lowest BCUT2D eigenvalue weighted by atomic mass is 10.2. The fourth-order valence-electron chi connectivity index (χ4n) is 1.11. The van der Waals surface area contributed by atoms with E-state index in [1.807, 2.05) is 20.8 Å². The highest BCUT2D eigenvalue weighted by molar-refractivity contribution is 7.92. The molecule has 0 aromatic carbocycles. The number of methoxy groups -OCH3 is 1. The quantitative estimate of drug-likeness (QED) is 0.675. The van der Waals surface area contributed by atoms with Crippen molar-refractivity contribution in [3.63, 3.8) is 0 Å². The molecule has 0 N–H and O–H groups in total. The van der Waals surface area contributed by atoms with Crippen LogP contribution in [0.5, 0.6) is 0 Å². The third-order valence-electron chi connectivity index (χ3n) is 2.20. The number of sulfone groups is 1. The Bertz CT molecular complexity index is 339. The molecular formula is C11H22O5S. The summed E-state index contributed by atoms with van der Waals surface area (Å²) in [6.45, 7) is 7.22.